The summed E-state index contributed by atoms with van der Waals surface area (Å²) in [7, 11) is 0. The van der Waals surface area contributed by atoms with E-state index < -0.39 is 0 Å². The lowest BCUT2D eigenvalue weighted by atomic mass is 10.0. The quantitative estimate of drug-likeness (QED) is 0.521. The Balaban J connectivity index is 1.49. The summed E-state index contributed by atoms with van der Waals surface area (Å²) in [5.74, 6) is 0. The van der Waals surface area contributed by atoms with Crippen molar-refractivity contribution in [3.8, 4) is 22.5 Å². The topological polar surface area (TPSA) is 21.1 Å². The summed E-state index contributed by atoms with van der Waals surface area (Å²) in [5, 5.41) is 0. The van der Waals surface area contributed by atoms with Crippen LogP contribution in [-0.4, -0.2) is 34.1 Å². The van der Waals surface area contributed by atoms with Crippen molar-refractivity contribution in [2.45, 2.75) is 38.6 Å². The molecule has 0 aliphatic carbocycles. The molecule has 2 heterocycles. The van der Waals surface area contributed by atoms with Gasteiger partial charge in [0.15, 0.2) is 0 Å². The molecule has 0 radical (unpaired) electrons. The molecule has 1 aliphatic heterocycles. The van der Waals surface area contributed by atoms with E-state index in [2.05, 4.69) is 70.1 Å². The molecular formula is C24H29N3. The number of piperidine rings is 1. The Kier molecular flexibility index (Phi) is 6.00. The van der Waals surface area contributed by atoms with E-state index in [4.69, 9.17) is 4.98 Å². The second-order valence-electron chi connectivity index (χ2n) is 7.48. The summed E-state index contributed by atoms with van der Waals surface area (Å²) >= 11 is 0. The van der Waals surface area contributed by atoms with Crippen molar-refractivity contribution in [2.75, 3.05) is 19.6 Å². The van der Waals surface area contributed by atoms with Gasteiger partial charge in [-0.15, -0.1) is 0 Å². The molecule has 1 saturated heterocycles. The van der Waals surface area contributed by atoms with Crippen molar-refractivity contribution in [1.29, 1.82) is 0 Å². The fourth-order valence-electron chi connectivity index (χ4n) is 4.06. The molecule has 1 aliphatic rings. The molecule has 0 saturated carbocycles. The molecule has 27 heavy (non-hydrogen) atoms. The lowest BCUT2D eigenvalue weighted by Crippen LogP contribution is -2.30. The number of imidazole rings is 1. The van der Waals surface area contributed by atoms with Gasteiger partial charge >= 0.3 is 0 Å². The number of likely N-dealkylation sites (tertiary alicyclic amines) is 1. The molecule has 1 fully saturated rings. The van der Waals surface area contributed by atoms with Crippen LogP contribution in [0.15, 0.2) is 67.0 Å². The zero-order valence-electron chi connectivity index (χ0n) is 16.1. The predicted octanol–water partition coefficient (Wildman–Crippen LogP) is 5.48. The van der Waals surface area contributed by atoms with Crippen LogP contribution >= 0.6 is 0 Å². The molecule has 3 nitrogen and oxygen atoms in total. The van der Waals surface area contributed by atoms with Crippen LogP contribution in [0.5, 0.6) is 0 Å². The van der Waals surface area contributed by atoms with E-state index >= 15 is 0 Å². The number of hydrogen-bond donors (Lipinski definition) is 0. The van der Waals surface area contributed by atoms with Gasteiger partial charge in [-0.25, -0.2) is 4.98 Å². The van der Waals surface area contributed by atoms with Gasteiger partial charge in [0.1, 0.15) is 0 Å². The highest BCUT2D eigenvalue weighted by atomic mass is 15.1. The minimum atomic E-state index is 1.03. The van der Waals surface area contributed by atoms with E-state index in [1.165, 1.54) is 68.6 Å². The standard InChI is InChI=1S/C24H29N3/c1-4-12-21(13-5-1)23-24(22-14-6-2-7-15-22)27(20-25-23)19-11-10-18-26-16-8-3-9-17-26/h1-2,4-7,12-15,20H,3,8-11,16-19H2. The fourth-order valence-corrected chi connectivity index (χ4v) is 4.06. The highest BCUT2D eigenvalue weighted by Gasteiger charge is 2.15. The number of benzene rings is 2. The van der Waals surface area contributed by atoms with Gasteiger partial charge in [-0.2, -0.15) is 0 Å². The first-order valence-electron chi connectivity index (χ1n) is 10.3. The van der Waals surface area contributed by atoms with Crippen LogP contribution in [-0.2, 0) is 6.54 Å². The lowest BCUT2D eigenvalue weighted by molar-refractivity contribution is 0.223. The number of unbranched alkanes of at least 4 members (excludes halogenated alkanes) is 1. The molecule has 0 amide bonds. The number of rotatable bonds is 7. The van der Waals surface area contributed by atoms with Gasteiger partial charge in [-0.05, 0) is 45.3 Å². The first kappa shape index (κ1) is 18.0. The number of hydrogen-bond acceptors (Lipinski definition) is 2. The summed E-state index contributed by atoms with van der Waals surface area (Å²) in [6.07, 6.45) is 8.63. The molecule has 0 unspecified atom stereocenters. The molecule has 1 aromatic heterocycles. The summed E-state index contributed by atoms with van der Waals surface area (Å²) in [6, 6.07) is 21.2. The Morgan fingerprint density at radius 1 is 0.704 bits per heavy atom. The molecule has 0 atom stereocenters. The summed E-state index contributed by atoms with van der Waals surface area (Å²) in [6.45, 7) is 4.84. The Morgan fingerprint density at radius 2 is 1.33 bits per heavy atom. The van der Waals surface area contributed by atoms with E-state index in [1.54, 1.807) is 0 Å². The Labute approximate surface area is 162 Å². The van der Waals surface area contributed by atoms with Crippen molar-refractivity contribution in [3.05, 3.63) is 67.0 Å². The van der Waals surface area contributed by atoms with Crippen LogP contribution in [0.3, 0.4) is 0 Å². The van der Waals surface area contributed by atoms with Crippen molar-refractivity contribution in [2.24, 2.45) is 0 Å². The Bertz CT molecular complexity index is 817. The third-order valence-corrected chi connectivity index (χ3v) is 5.50. The average molecular weight is 360 g/mol. The predicted molar refractivity (Wildman–Crippen MR) is 113 cm³/mol. The van der Waals surface area contributed by atoms with Gasteiger partial charge in [0.25, 0.3) is 0 Å². The van der Waals surface area contributed by atoms with Gasteiger partial charge in [0.05, 0.1) is 17.7 Å². The van der Waals surface area contributed by atoms with Gasteiger partial charge in [0, 0.05) is 17.7 Å². The van der Waals surface area contributed by atoms with Crippen molar-refractivity contribution in [1.82, 2.24) is 14.5 Å². The van der Waals surface area contributed by atoms with Crippen molar-refractivity contribution < 1.29 is 0 Å². The molecule has 3 aromatic rings. The fraction of sp³-hybridized carbons (Fsp3) is 0.375. The normalized spacial score (nSPS) is 15.1. The van der Waals surface area contributed by atoms with Crippen LogP contribution in [0.25, 0.3) is 22.5 Å². The third-order valence-electron chi connectivity index (χ3n) is 5.50. The summed E-state index contributed by atoms with van der Waals surface area (Å²) in [5.41, 5.74) is 4.74. The van der Waals surface area contributed by atoms with Crippen LogP contribution in [0.2, 0.25) is 0 Å². The highest BCUT2D eigenvalue weighted by Crippen LogP contribution is 2.31. The highest BCUT2D eigenvalue weighted by molar-refractivity contribution is 5.78. The van der Waals surface area contributed by atoms with Gasteiger partial charge in [-0.1, -0.05) is 67.1 Å². The lowest BCUT2D eigenvalue weighted by Gasteiger charge is -2.26. The first-order valence-corrected chi connectivity index (χ1v) is 10.3. The van der Waals surface area contributed by atoms with Crippen LogP contribution in [0.1, 0.15) is 32.1 Å². The second-order valence-corrected chi connectivity index (χ2v) is 7.48. The van der Waals surface area contributed by atoms with Crippen molar-refractivity contribution >= 4 is 0 Å². The number of nitrogens with zero attached hydrogens (tertiary/aromatic N) is 3. The maximum atomic E-state index is 4.78. The largest absolute Gasteiger partial charge is 0.330 e. The molecule has 0 spiro atoms. The van der Waals surface area contributed by atoms with Crippen LogP contribution in [0.4, 0.5) is 0 Å². The SMILES string of the molecule is c1ccc(-c2ncn(CCCCN3CCCCC3)c2-c2ccccc2)cc1. The van der Waals surface area contributed by atoms with E-state index in [0.717, 1.165) is 12.2 Å². The molecule has 0 N–H and O–H groups in total. The van der Waals surface area contributed by atoms with E-state index in [0.29, 0.717) is 0 Å². The number of aryl methyl sites for hydroxylation is 1. The number of aromatic nitrogens is 2. The molecular weight excluding hydrogens is 330 g/mol. The average Bonchev–Trinajstić information content (AvgIpc) is 3.17. The maximum Gasteiger partial charge on any atom is 0.0963 e. The second kappa shape index (κ2) is 9.01. The minimum Gasteiger partial charge on any atom is -0.330 e. The van der Waals surface area contributed by atoms with Gasteiger partial charge in [-0.3, -0.25) is 0 Å². The third kappa shape index (κ3) is 4.48. The first-order chi connectivity index (χ1) is 13.4. The summed E-state index contributed by atoms with van der Waals surface area (Å²) < 4.78 is 2.34. The molecule has 140 valence electrons. The van der Waals surface area contributed by atoms with Gasteiger partial charge < -0.3 is 9.47 Å². The van der Waals surface area contributed by atoms with Crippen LogP contribution in [0, 0.1) is 0 Å². The molecule has 0 bridgehead atoms. The smallest absolute Gasteiger partial charge is 0.0963 e. The zero-order chi connectivity index (χ0) is 18.3. The van der Waals surface area contributed by atoms with Gasteiger partial charge in [0.2, 0.25) is 0 Å². The molecule has 3 heteroatoms. The minimum absolute atomic E-state index is 1.03. The Hall–Kier alpha value is -2.39. The Morgan fingerprint density at radius 3 is 2.04 bits per heavy atom. The van der Waals surface area contributed by atoms with Crippen molar-refractivity contribution in [3.63, 3.8) is 0 Å². The van der Waals surface area contributed by atoms with E-state index in [9.17, 15) is 0 Å². The van der Waals surface area contributed by atoms with Crippen LogP contribution < -0.4 is 0 Å². The molecule has 4 rings (SSSR count). The zero-order valence-corrected chi connectivity index (χ0v) is 16.1. The van der Waals surface area contributed by atoms with E-state index in [-0.39, 0.29) is 0 Å². The van der Waals surface area contributed by atoms with E-state index in [1.807, 2.05) is 6.33 Å². The summed E-state index contributed by atoms with van der Waals surface area (Å²) in [4.78, 5) is 7.41. The monoisotopic (exact) mass is 359 g/mol. The maximum absolute atomic E-state index is 4.78. The molecule has 2 aromatic carbocycles.